The van der Waals surface area contributed by atoms with Crippen molar-refractivity contribution >= 4 is 27.5 Å². The summed E-state index contributed by atoms with van der Waals surface area (Å²) in [5.74, 6) is -0.779. The molecule has 1 aromatic carbocycles. The Morgan fingerprint density at radius 3 is 2.27 bits per heavy atom. The second kappa shape index (κ2) is 8.15. The summed E-state index contributed by atoms with van der Waals surface area (Å²) in [6.45, 7) is 4.65. The molecule has 0 aliphatic carbocycles. The quantitative estimate of drug-likeness (QED) is 0.700. The van der Waals surface area contributed by atoms with Gasteiger partial charge in [0.2, 0.25) is 21.8 Å². The zero-order valence-electron chi connectivity index (χ0n) is 15.6. The highest BCUT2D eigenvalue weighted by Gasteiger charge is 2.35. The largest absolute Gasteiger partial charge is 0.312 e. The minimum atomic E-state index is -3.53. The Morgan fingerprint density at radius 2 is 1.77 bits per heavy atom. The average molecular weight is 382 g/mol. The number of hydrogen-bond donors (Lipinski definition) is 1. The first-order chi connectivity index (χ1) is 12.2. The molecule has 1 heterocycles. The number of anilines is 1. The van der Waals surface area contributed by atoms with Crippen LogP contribution < -0.4 is 10.3 Å². The first-order valence-electron chi connectivity index (χ1n) is 8.59. The van der Waals surface area contributed by atoms with Crippen LogP contribution in [0.15, 0.2) is 29.2 Å². The van der Waals surface area contributed by atoms with Crippen LogP contribution in [-0.2, 0) is 19.6 Å². The lowest BCUT2D eigenvalue weighted by atomic mass is 10.1. The second-order valence-electron chi connectivity index (χ2n) is 6.36. The first-order valence-corrected chi connectivity index (χ1v) is 10.0. The Morgan fingerprint density at radius 1 is 1.19 bits per heavy atom. The third kappa shape index (κ3) is 4.22. The van der Waals surface area contributed by atoms with Crippen molar-refractivity contribution in [3.05, 3.63) is 24.3 Å². The molecule has 8 nitrogen and oxygen atoms in total. The number of carbonyl (C=O) groups is 2. The van der Waals surface area contributed by atoms with Gasteiger partial charge >= 0.3 is 0 Å². The fraction of sp³-hybridized carbons (Fsp3) is 0.529. The second-order valence-corrected chi connectivity index (χ2v) is 8.30. The van der Waals surface area contributed by atoms with E-state index in [1.807, 2.05) is 0 Å². The molecule has 1 fully saturated rings. The van der Waals surface area contributed by atoms with E-state index in [0.717, 1.165) is 0 Å². The Balaban J connectivity index is 2.16. The van der Waals surface area contributed by atoms with Crippen LogP contribution in [0.1, 0.15) is 20.3 Å². The first kappa shape index (κ1) is 20.3. The lowest BCUT2D eigenvalue weighted by Crippen LogP contribution is -2.41. The smallest absolute Gasteiger partial charge is 0.243 e. The van der Waals surface area contributed by atoms with Crippen LogP contribution in [0.3, 0.4) is 0 Å². The number of hydrazine groups is 1. The van der Waals surface area contributed by atoms with Gasteiger partial charge in [-0.2, -0.15) is 4.31 Å². The van der Waals surface area contributed by atoms with Crippen LogP contribution in [-0.4, -0.2) is 63.3 Å². The lowest BCUT2D eigenvalue weighted by molar-refractivity contribution is -0.129. The zero-order chi connectivity index (χ0) is 19.5. The molecule has 2 rings (SSSR count). The normalized spacial score (nSPS) is 18.0. The Labute approximate surface area is 154 Å². The van der Waals surface area contributed by atoms with E-state index in [1.54, 1.807) is 45.1 Å². The van der Waals surface area contributed by atoms with Gasteiger partial charge < -0.3 is 4.90 Å². The van der Waals surface area contributed by atoms with E-state index < -0.39 is 15.9 Å². The van der Waals surface area contributed by atoms with Crippen molar-refractivity contribution in [1.82, 2.24) is 14.7 Å². The predicted octanol–water partition coefficient (Wildman–Crippen LogP) is 0.663. The standard InChI is InChI=1S/C17H26N4O4S/c1-5-20(6-2)26(24,25)15-9-7-14(8-10-15)21-12-13(11-16(21)22)17(23)18-19(3)4/h7-10,13H,5-6,11-12H2,1-4H3,(H,18,23)/t13-/m0/s1. The molecule has 1 aliphatic rings. The number of benzene rings is 1. The molecule has 9 heteroatoms. The van der Waals surface area contributed by atoms with Crippen molar-refractivity contribution in [2.45, 2.75) is 25.2 Å². The molecule has 26 heavy (non-hydrogen) atoms. The molecule has 1 aliphatic heterocycles. The molecule has 0 aromatic heterocycles. The maximum Gasteiger partial charge on any atom is 0.243 e. The highest BCUT2D eigenvalue weighted by atomic mass is 32.2. The summed E-state index contributed by atoms with van der Waals surface area (Å²) in [6, 6.07) is 6.23. The molecule has 2 amide bonds. The fourth-order valence-corrected chi connectivity index (χ4v) is 4.41. The summed E-state index contributed by atoms with van der Waals surface area (Å²) in [7, 11) is -0.113. The van der Waals surface area contributed by atoms with Crippen molar-refractivity contribution < 1.29 is 18.0 Å². The van der Waals surface area contributed by atoms with Crippen LogP contribution >= 0.6 is 0 Å². The summed E-state index contributed by atoms with van der Waals surface area (Å²) >= 11 is 0. The van der Waals surface area contributed by atoms with Crippen molar-refractivity contribution in [3.63, 3.8) is 0 Å². The minimum Gasteiger partial charge on any atom is -0.312 e. The molecule has 1 atom stereocenters. The topological polar surface area (TPSA) is 90.0 Å². The highest BCUT2D eigenvalue weighted by Crippen LogP contribution is 2.27. The zero-order valence-corrected chi connectivity index (χ0v) is 16.4. The highest BCUT2D eigenvalue weighted by molar-refractivity contribution is 7.89. The van der Waals surface area contributed by atoms with Crippen molar-refractivity contribution in [2.75, 3.05) is 38.6 Å². The Bertz CT molecular complexity index is 757. The molecule has 0 saturated carbocycles. The van der Waals surface area contributed by atoms with Gasteiger partial charge in [-0.05, 0) is 24.3 Å². The van der Waals surface area contributed by atoms with Gasteiger partial charge in [-0.25, -0.2) is 13.4 Å². The van der Waals surface area contributed by atoms with Gasteiger partial charge in [0, 0.05) is 45.8 Å². The molecule has 0 unspecified atom stereocenters. The number of amides is 2. The molecule has 0 spiro atoms. The van der Waals surface area contributed by atoms with Gasteiger partial charge in [0.15, 0.2) is 0 Å². The Hall–Kier alpha value is -1.97. The Kier molecular flexibility index (Phi) is 6.38. The van der Waals surface area contributed by atoms with Crippen LogP contribution in [0, 0.1) is 5.92 Å². The van der Waals surface area contributed by atoms with Gasteiger partial charge in [0.25, 0.3) is 0 Å². The molecule has 0 radical (unpaired) electrons. The van der Waals surface area contributed by atoms with E-state index >= 15 is 0 Å². The van der Waals surface area contributed by atoms with Gasteiger partial charge in [-0.3, -0.25) is 15.0 Å². The summed E-state index contributed by atoms with van der Waals surface area (Å²) in [6.07, 6.45) is 0.138. The number of sulfonamides is 1. The predicted molar refractivity (Wildman–Crippen MR) is 98.8 cm³/mol. The van der Waals surface area contributed by atoms with E-state index in [-0.39, 0.29) is 29.7 Å². The van der Waals surface area contributed by atoms with Gasteiger partial charge in [-0.1, -0.05) is 13.8 Å². The van der Waals surface area contributed by atoms with E-state index in [9.17, 15) is 18.0 Å². The van der Waals surface area contributed by atoms with Gasteiger partial charge in [0.05, 0.1) is 10.8 Å². The molecule has 1 N–H and O–H groups in total. The lowest BCUT2D eigenvalue weighted by Gasteiger charge is -2.20. The SMILES string of the molecule is CCN(CC)S(=O)(=O)c1ccc(N2C[C@@H](C(=O)NN(C)C)CC2=O)cc1. The maximum absolute atomic E-state index is 12.5. The average Bonchev–Trinajstić information content (AvgIpc) is 2.97. The molecule has 1 aromatic rings. The monoisotopic (exact) mass is 382 g/mol. The number of nitrogens with zero attached hydrogens (tertiary/aromatic N) is 3. The van der Waals surface area contributed by atoms with Crippen LogP contribution in [0.4, 0.5) is 5.69 Å². The summed E-state index contributed by atoms with van der Waals surface area (Å²) in [5, 5.41) is 1.54. The minimum absolute atomic E-state index is 0.138. The van der Waals surface area contributed by atoms with Crippen LogP contribution in [0.25, 0.3) is 0 Å². The van der Waals surface area contributed by atoms with Crippen LogP contribution in [0.2, 0.25) is 0 Å². The molecule has 0 bridgehead atoms. The number of nitrogens with one attached hydrogen (secondary N) is 1. The third-order valence-electron chi connectivity index (χ3n) is 4.32. The van der Waals surface area contributed by atoms with E-state index in [2.05, 4.69) is 5.43 Å². The van der Waals surface area contributed by atoms with E-state index in [4.69, 9.17) is 0 Å². The van der Waals surface area contributed by atoms with Gasteiger partial charge in [0.1, 0.15) is 0 Å². The summed E-state index contributed by atoms with van der Waals surface area (Å²) in [5.41, 5.74) is 3.25. The van der Waals surface area contributed by atoms with E-state index in [0.29, 0.717) is 18.8 Å². The molecule has 144 valence electrons. The number of carbonyl (C=O) groups excluding carboxylic acids is 2. The molecular formula is C17H26N4O4S. The number of hydrogen-bond acceptors (Lipinski definition) is 5. The van der Waals surface area contributed by atoms with Crippen LogP contribution in [0.5, 0.6) is 0 Å². The third-order valence-corrected chi connectivity index (χ3v) is 6.39. The van der Waals surface area contributed by atoms with Gasteiger partial charge in [-0.15, -0.1) is 0 Å². The fourth-order valence-electron chi connectivity index (χ4n) is 2.96. The number of rotatable bonds is 7. The van der Waals surface area contributed by atoms with Crippen molar-refractivity contribution in [3.8, 4) is 0 Å². The summed E-state index contributed by atoms with van der Waals surface area (Å²) < 4.78 is 26.4. The maximum atomic E-state index is 12.5. The molecular weight excluding hydrogens is 356 g/mol. The van der Waals surface area contributed by atoms with Crippen molar-refractivity contribution in [2.24, 2.45) is 5.92 Å². The molecule has 1 saturated heterocycles. The van der Waals surface area contributed by atoms with E-state index in [1.165, 1.54) is 21.3 Å². The van der Waals surface area contributed by atoms with Crippen molar-refractivity contribution in [1.29, 1.82) is 0 Å². The summed E-state index contributed by atoms with van der Waals surface area (Å²) in [4.78, 5) is 26.1.